The number of hydrogen-bond donors (Lipinski definition) is 1. The van der Waals surface area contributed by atoms with E-state index in [4.69, 9.17) is 0 Å². The third-order valence-corrected chi connectivity index (χ3v) is 4.78. The van der Waals surface area contributed by atoms with Gasteiger partial charge in [-0.1, -0.05) is 12.1 Å². The van der Waals surface area contributed by atoms with Gasteiger partial charge in [0, 0.05) is 26.1 Å². The number of halogens is 1. The molecule has 1 aliphatic heterocycles. The molecule has 1 saturated heterocycles. The van der Waals surface area contributed by atoms with Crippen LogP contribution in [0.4, 0.5) is 4.39 Å². The molecular formula is C18H25FN2O2. The minimum atomic E-state index is -0.839. The molecule has 0 unspecified atom stereocenters. The van der Waals surface area contributed by atoms with E-state index in [1.54, 1.807) is 12.1 Å². The average Bonchev–Trinajstić information content (AvgIpc) is 3.22. The molecule has 2 fully saturated rings. The molecule has 5 heteroatoms. The highest BCUT2D eigenvalue weighted by Gasteiger charge is 2.39. The van der Waals surface area contributed by atoms with Gasteiger partial charge in [-0.05, 0) is 49.9 Å². The van der Waals surface area contributed by atoms with Crippen LogP contribution in [-0.2, 0) is 11.3 Å². The van der Waals surface area contributed by atoms with Crippen LogP contribution in [0.15, 0.2) is 24.3 Å². The molecule has 3 rings (SSSR count). The van der Waals surface area contributed by atoms with Gasteiger partial charge in [-0.3, -0.25) is 9.69 Å². The van der Waals surface area contributed by atoms with Gasteiger partial charge in [0.25, 0.3) is 0 Å². The van der Waals surface area contributed by atoms with Gasteiger partial charge in [-0.2, -0.15) is 0 Å². The quantitative estimate of drug-likeness (QED) is 0.872. The van der Waals surface area contributed by atoms with Crippen LogP contribution < -0.4 is 0 Å². The molecule has 126 valence electrons. The van der Waals surface area contributed by atoms with E-state index in [1.807, 2.05) is 16.8 Å². The Morgan fingerprint density at radius 2 is 2.09 bits per heavy atom. The first-order chi connectivity index (χ1) is 10.9. The number of hydrogen-bond acceptors (Lipinski definition) is 3. The summed E-state index contributed by atoms with van der Waals surface area (Å²) in [6.07, 6.45) is 3.60. The lowest BCUT2D eigenvalue weighted by atomic mass is 10.0. The first kappa shape index (κ1) is 16.4. The van der Waals surface area contributed by atoms with E-state index in [-0.39, 0.29) is 11.7 Å². The Morgan fingerprint density at radius 3 is 2.74 bits per heavy atom. The van der Waals surface area contributed by atoms with Gasteiger partial charge < -0.3 is 10.0 Å². The lowest BCUT2D eigenvalue weighted by Gasteiger charge is -2.29. The molecule has 1 N–H and O–H groups in total. The Hall–Kier alpha value is -1.46. The molecule has 1 amide bonds. The fourth-order valence-electron chi connectivity index (χ4n) is 3.36. The minimum absolute atomic E-state index is 0.185. The first-order valence-corrected chi connectivity index (χ1v) is 8.37. The molecule has 0 aromatic heterocycles. The third kappa shape index (κ3) is 4.52. The van der Waals surface area contributed by atoms with Crippen LogP contribution in [0.5, 0.6) is 0 Å². The summed E-state index contributed by atoms with van der Waals surface area (Å²) >= 11 is 0. The number of amides is 1. The van der Waals surface area contributed by atoms with E-state index in [2.05, 4.69) is 0 Å². The fraction of sp³-hybridized carbons (Fsp3) is 0.611. The molecule has 4 nitrogen and oxygen atoms in total. The topological polar surface area (TPSA) is 43.8 Å². The van der Waals surface area contributed by atoms with E-state index in [0.29, 0.717) is 44.9 Å². The number of benzene rings is 1. The highest BCUT2D eigenvalue weighted by Crippen LogP contribution is 2.34. The second-order valence-electron chi connectivity index (χ2n) is 7.24. The predicted octanol–water partition coefficient (Wildman–Crippen LogP) is 2.02. The molecule has 2 aliphatic rings. The van der Waals surface area contributed by atoms with Crippen molar-refractivity contribution in [3.05, 3.63) is 35.6 Å². The summed E-state index contributed by atoms with van der Waals surface area (Å²) in [5, 5.41) is 10.8. The van der Waals surface area contributed by atoms with E-state index >= 15 is 0 Å². The van der Waals surface area contributed by atoms with Crippen molar-refractivity contribution in [2.24, 2.45) is 5.92 Å². The van der Waals surface area contributed by atoms with Crippen molar-refractivity contribution >= 4 is 5.91 Å². The zero-order valence-corrected chi connectivity index (χ0v) is 13.7. The smallest absolute Gasteiger partial charge is 0.222 e. The molecule has 1 aromatic carbocycles. The lowest BCUT2D eigenvalue weighted by Crippen LogP contribution is -2.44. The van der Waals surface area contributed by atoms with Gasteiger partial charge in [0.1, 0.15) is 5.82 Å². The molecular weight excluding hydrogens is 295 g/mol. The number of carbonyl (C=O) groups excluding carboxylic acids is 1. The number of rotatable bonds is 6. The summed E-state index contributed by atoms with van der Waals surface area (Å²) in [5.74, 6) is 0.526. The van der Waals surface area contributed by atoms with Crippen LogP contribution in [0, 0.1) is 11.7 Å². The summed E-state index contributed by atoms with van der Waals surface area (Å²) in [5.41, 5.74) is 0.172. The predicted molar refractivity (Wildman–Crippen MR) is 86.2 cm³/mol. The minimum Gasteiger partial charge on any atom is -0.387 e. The van der Waals surface area contributed by atoms with Crippen molar-refractivity contribution in [1.82, 2.24) is 9.80 Å². The monoisotopic (exact) mass is 320 g/mol. The lowest BCUT2D eigenvalue weighted by molar-refractivity contribution is -0.131. The summed E-state index contributed by atoms with van der Waals surface area (Å²) in [4.78, 5) is 16.0. The van der Waals surface area contributed by atoms with Crippen molar-refractivity contribution in [1.29, 1.82) is 0 Å². The van der Waals surface area contributed by atoms with E-state index in [0.717, 1.165) is 5.56 Å². The standard InChI is InChI=1S/C18H25FN2O2/c1-20(11-15-4-6-16(19)7-5-15)12-18(23)8-9-21(13-18)17(22)10-14-2-3-14/h4-7,14,23H,2-3,8-13H2,1H3/t18-/m1/s1. The van der Waals surface area contributed by atoms with Crippen molar-refractivity contribution in [2.45, 2.75) is 37.8 Å². The molecule has 1 aliphatic carbocycles. The van der Waals surface area contributed by atoms with E-state index < -0.39 is 5.60 Å². The molecule has 1 saturated carbocycles. The van der Waals surface area contributed by atoms with Gasteiger partial charge in [0.05, 0.1) is 12.1 Å². The molecule has 0 spiro atoms. The maximum absolute atomic E-state index is 12.9. The van der Waals surface area contributed by atoms with Crippen LogP contribution in [0.1, 0.15) is 31.2 Å². The van der Waals surface area contributed by atoms with Crippen LogP contribution in [0.2, 0.25) is 0 Å². The fourth-order valence-corrected chi connectivity index (χ4v) is 3.36. The number of likely N-dealkylation sites (N-methyl/N-ethyl adjacent to an activating group) is 1. The van der Waals surface area contributed by atoms with Gasteiger partial charge in [0.2, 0.25) is 5.91 Å². The molecule has 1 heterocycles. The largest absolute Gasteiger partial charge is 0.387 e. The Labute approximate surface area is 136 Å². The molecule has 1 atom stereocenters. The van der Waals surface area contributed by atoms with Crippen molar-refractivity contribution in [3.63, 3.8) is 0 Å². The van der Waals surface area contributed by atoms with Gasteiger partial charge in [-0.25, -0.2) is 4.39 Å². The zero-order valence-electron chi connectivity index (χ0n) is 13.7. The summed E-state index contributed by atoms with van der Waals surface area (Å²) in [6.45, 7) is 2.23. The second-order valence-corrected chi connectivity index (χ2v) is 7.24. The second kappa shape index (κ2) is 6.57. The number of nitrogens with zero attached hydrogens (tertiary/aromatic N) is 2. The normalized spacial score (nSPS) is 24.4. The number of β-amino-alcohol motifs (C(OH)–C–C–N with tert-alkyl or cyclic N) is 1. The van der Waals surface area contributed by atoms with Gasteiger partial charge >= 0.3 is 0 Å². The Morgan fingerprint density at radius 1 is 1.39 bits per heavy atom. The number of likely N-dealkylation sites (tertiary alicyclic amines) is 1. The van der Waals surface area contributed by atoms with E-state index in [9.17, 15) is 14.3 Å². The number of carbonyl (C=O) groups is 1. The maximum atomic E-state index is 12.9. The maximum Gasteiger partial charge on any atom is 0.222 e. The molecule has 23 heavy (non-hydrogen) atoms. The van der Waals surface area contributed by atoms with E-state index in [1.165, 1.54) is 25.0 Å². The Kier molecular flexibility index (Phi) is 4.69. The van der Waals surface area contributed by atoms with Gasteiger partial charge in [-0.15, -0.1) is 0 Å². The molecule has 1 aromatic rings. The summed E-state index contributed by atoms with van der Waals surface area (Å²) in [6, 6.07) is 6.42. The van der Waals surface area contributed by atoms with Crippen molar-refractivity contribution in [3.8, 4) is 0 Å². The Bertz CT molecular complexity index is 559. The highest BCUT2D eigenvalue weighted by molar-refractivity contribution is 5.77. The molecule has 0 bridgehead atoms. The Balaban J connectivity index is 1.50. The highest BCUT2D eigenvalue weighted by atomic mass is 19.1. The SMILES string of the molecule is CN(Cc1ccc(F)cc1)C[C@]1(O)CCN(C(=O)CC2CC2)C1. The molecule has 0 radical (unpaired) electrons. The zero-order chi connectivity index (χ0) is 16.4. The first-order valence-electron chi connectivity index (χ1n) is 8.37. The summed E-state index contributed by atoms with van der Waals surface area (Å²) in [7, 11) is 1.94. The average molecular weight is 320 g/mol. The van der Waals surface area contributed by atoms with Crippen LogP contribution >= 0.6 is 0 Å². The van der Waals surface area contributed by atoms with Gasteiger partial charge in [0.15, 0.2) is 0 Å². The summed E-state index contributed by atoms with van der Waals surface area (Å²) < 4.78 is 12.9. The number of aliphatic hydroxyl groups is 1. The van der Waals surface area contributed by atoms with Crippen molar-refractivity contribution in [2.75, 3.05) is 26.7 Å². The van der Waals surface area contributed by atoms with Crippen molar-refractivity contribution < 1.29 is 14.3 Å². The van der Waals surface area contributed by atoms with Crippen LogP contribution in [-0.4, -0.2) is 53.1 Å². The van der Waals surface area contributed by atoms with Crippen LogP contribution in [0.25, 0.3) is 0 Å². The third-order valence-electron chi connectivity index (χ3n) is 4.78. The van der Waals surface area contributed by atoms with Crippen LogP contribution in [0.3, 0.4) is 0 Å².